The molecule has 1 saturated heterocycles. The Balaban J connectivity index is 1.27. The van der Waals surface area contributed by atoms with Crippen LogP contribution in [0.1, 0.15) is 31.7 Å². The van der Waals surface area contributed by atoms with E-state index < -0.39 is 10.0 Å². The number of hydrogen-bond donors (Lipinski definition) is 1. The van der Waals surface area contributed by atoms with Gasteiger partial charge >= 0.3 is 0 Å². The molecule has 6 nitrogen and oxygen atoms in total. The van der Waals surface area contributed by atoms with Crippen molar-refractivity contribution in [1.82, 2.24) is 9.62 Å². The van der Waals surface area contributed by atoms with Crippen molar-refractivity contribution in [1.29, 1.82) is 0 Å². The number of anilines is 1. The highest BCUT2D eigenvalue weighted by Gasteiger charge is 2.33. The molecule has 2 aromatic carbocycles. The van der Waals surface area contributed by atoms with Crippen LogP contribution in [-0.4, -0.2) is 50.9 Å². The van der Waals surface area contributed by atoms with Gasteiger partial charge < -0.3 is 10.2 Å². The lowest BCUT2D eigenvalue weighted by atomic mass is 9.99. The molecule has 2 heterocycles. The molecule has 0 aliphatic carbocycles. The molecule has 0 saturated carbocycles. The molecule has 0 aromatic heterocycles. The molecule has 31 heavy (non-hydrogen) atoms. The summed E-state index contributed by atoms with van der Waals surface area (Å²) in [5, 5.41) is 3.04. The van der Waals surface area contributed by atoms with Gasteiger partial charge in [0.25, 0.3) is 0 Å². The van der Waals surface area contributed by atoms with E-state index in [4.69, 9.17) is 0 Å². The smallest absolute Gasteiger partial charge is 0.243 e. The summed E-state index contributed by atoms with van der Waals surface area (Å²) in [5.41, 5.74) is 2.69. The van der Waals surface area contributed by atoms with E-state index in [-0.39, 0.29) is 23.3 Å². The number of nitrogens with one attached hydrogen (secondary N) is 1. The Bertz CT molecular complexity index is 1010. The Morgan fingerprint density at radius 3 is 2.65 bits per heavy atom. The van der Waals surface area contributed by atoms with Crippen molar-refractivity contribution >= 4 is 21.6 Å². The van der Waals surface area contributed by atoms with Gasteiger partial charge in [0.15, 0.2) is 0 Å². The topological polar surface area (TPSA) is 69.7 Å². The maximum Gasteiger partial charge on any atom is 0.243 e. The highest BCUT2D eigenvalue weighted by Crippen LogP contribution is 2.31. The van der Waals surface area contributed by atoms with Crippen LogP contribution in [0.4, 0.5) is 5.69 Å². The van der Waals surface area contributed by atoms with Gasteiger partial charge in [0.05, 0.1) is 10.8 Å². The van der Waals surface area contributed by atoms with Crippen LogP contribution in [0.2, 0.25) is 0 Å². The van der Waals surface area contributed by atoms with Gasteiger partial charge in [0, 0.05) is 37.9 Å². The average molecular weight is 442 g/mol. The van der Waals surface area contributed by atoms with Gasteiger partial charge in [-0.05, 0) is 56.4 Å². The zero-order chi connectivity index (χ0) is 21.8. The molecule has 1 fully saturated rings. The lowest BCUT2D eigenvalue weighted by molar-refractivity contribution is -0.126. The Kier molecular flexibility index (Phi) is 6.62. The summed E-state index contributed by atoms with van der Waals surface area (Å²) in [4.78, 5) is 15.4. The predicted octanol–water partition coefficient (Wildman–Crippen LogP) is 3.04. The Hall–Kier alpha value is -2.38. The van der Waals surface area contributed by atoms with Crippen molar-refractivity contribution in [2.24, 2.45) is 5.92 Å². The van der Waals surface area contributed by atoms with E-state index in [9.17, 15) is 13.2 Å². The molecular formula is C24H31N3O3S. The van der Waals surface area contributed by atoms with E-state index in [2.05, 4.69) is 41.4 Å². The second kappa shape index (κ2) is 9.40. The average Bonchev–Trinajstić information content (AvgIpc) is 3.12. The number of carbonyl (C=O) groups is 1. The highest BCUT2D eigenvalue weighted by molar-refractivity contribution is 7.89. The number of para-hydroxylation sites is 1. The predicted molar refractivity (Wildman–Crippen MR) is 123 cm³/mol. The fourth-order valence-electron chi connectivity index (χ4n) is 4.69. The summed E-state index contributed by atoms with van der Waals surface area (Å²) >= 11 is 0. The lowest BCUT2D eigenvalue weighted by Gasteiger charge is -2.31. The maximum atomic E-state index is 12.9. The number of amides is 1. The molecule has 1 amide bonds. The molecule has 2 aliphatic rings. The molecule has 2 atom stereocenters. The standard InChI is InChI=1S/C24H31N3O3S/c1-19-17-20-9-5-6-13-23(20)27(19)16-8-14-25-24(28)21-10-7-15-26(18-21)31(29,30)22-11-3-2-4-12-22/h2-6,9,11-13,19,21H,7-8,10,14-18H2,1H3,(H,25,28)/t19-,21-/m1/s1. The van der Waals surface area contributed by atoms with Gasteiger partial charge in [-0.15, -0.1) is 0 Å². The summed E-state index contributed by atoms with van der Waals surface area (Å²) in [6, 6.07) is 17.4. The van der Waals surface area contributed by atoms with Crippen LogP contribution in [0.15, 0.2) is 59.5 Å². The SMILES string of the molecule is C[C@@H]1Cc2ccccc2N1CCCNC(=O)[C@@H]1CCCN(S(=O)(=O)c2ccccc2)C1. The third-order valence-corrected chi connectivity index (χ3v) is 8.24. The van der Waals surface area contributed by atoms with E-state index in [0.717, 1.165) is 25.8 Å². The quantitative estimate of drug-likeness (QED) is 0.671. The molecule has 0 bridgehead atoms. The van der Waals surface area contributed by atoms with Crippen molar-refractivity contribution in [2.45, 2.75) is 43.5 Å². The minimum Gasteiger partial charge on any atom is -0.368 e. The molecule has 0 spiro atoms. The second-order valence-electron chi connectivity index (χ2n) is 8.54. The van der Waals surface area contributed by atoms with Crippen LogP contribution in [0.5, 0.6) is 0 Å². The number of sulfonamides is 1. The van der Waals surface area contributed by atoms with E-state index in [0.29, 0.717) is 25.6 Å². The molecule has 0 unspecified atom stereocenters. The first kappa shape index (κ1) is 21.8. The third kappa shape index (κ3) is 4.77. The second-order valence-corrected chi connectivity index (χ2v) is 10.5. The van der Waals surface area contributed by atoms with Crippen LogP contribution >= 0.6 is 0 Å². The molecule has 1 N–H and O–H groups in total. The molecular weight excluding hydrogens is 410 g/mol. The number of carbonyl (C=O) groups excluding carboxylic acids is 1. The number of nitrogens with zero attached hydrogens (tertiary/aromatic N) is 2. The Morgan fingerprint density at radius 2 is 1.84 bits per heavy atom. The summed E-state index contributed by atoms with van der Waals surface area (Å²) < 4.78 is 27.2. The number of hydrogen-bond acceptors (Lipinski definition) is 4. The van der Waals surface area contributed by atoms with Gasteiger partial charge in [-0.25, -0.2) is 8.42 Å². The third-order valence-electron chi connectivity index (χ3n) is 6.36. The normalized spacial score (nSPS) is 21.6. The van der Waals surface area contributed by atoms with Gasteiger partial charge in [-0.1, -0.05) is 36.4 Å². The van der Waals surface area contributed by atoms with Crippen LogP contribution in [0.25, 0.3) is 0 Å². The zero-order valence-electron chi connectivity index (χ0n) is 18.0. The molecule has 166 valence electrons. The first-order valence-electron chi connectivity index (χ1n) is 11.1. The van der Waals surface area contributed by atoms with Gasteiger partial charge in [-0.3, -0.25) is 4.79 Å². The largest absolute Gasteiger partial charge is 0.368 e. The Labute approximate surface area is 185 Å². The molecule has 2 aliphatic heterocycles. The molecule has 2 aromatic rings. The number of piperidine rings is 1. The lowest BCUT2D eigenvalue weighted by Crippen LogP contribution is -2.45. The summed E-state index contributed by atoms with van der Waals surface area (Å²) in [6.07, 6.45) is 3.36. The first-order chi connectivity index (χ1) is 15.0. The molecule has 4 rings (SSSR count). The van der Waals surface area contributed by atoms with Crippen molar-refractivity contribution in [3.05, 3.63) is 60.2 Å². The van der Waals surface area contributed by atoms with Crippen LogP contribution in [0, 0.1) is 5.92 Å². The summed E-state index contributed by atoms with van der Waals surface area (Å²) in [6.45, 7) is 4.46. The Morgan fingerprint density at radius 1 is 1.10 bits per heavy atom. The van der Waals surface area contributed by atoms with Crippen LogP contribution in [-0.2, 0) is 21.2 Å². The maximum absolute atomic E-state index is 12.9. The number of benzene rings is 2. The van der Waals surface area contributed by atoms with Crippen molar-refractivity contribution in [3.8, 4) is 0 Å². The zero-order valence-corrected chi connectivity index (χ0v) is 18.9. The monoisotopic (exact) mass is 441 g/mol. The first-order valence-corrected chi connectivity index (χ1v) is 12.6. The summed E-state index contributed by atoms with van der Waals surface area (Å²) in [7, 11) is -3.55. The molecule has 0 radical (unpaired) electrons. The van der Waals surface area contributed by atoms with Crippen molar-refractivity contribution in [2.75, 3.05) is 31.1 Å². The van der Waals surface area contributed by atoms with E-state index in [1.54, 1.807) is 30.3 Å². The van der Waals surface area contributed by atoms with Gasteiger partial charge in [0.1, 0.15) is 0 Å². The molecule has 7 heteroatoms. The van der Waals surface area contributed by atoms with E-state index in [1.807, 2.05) is 0 Å². The van der Waals surface area contributed by atoms with Crippen molar-refractivity contribution in [3.63, 3.8) is 0 Å². The highest BCUT2D eigenvalue weighted by atomic mass is 32.2. The van der Waals surface area contributed by atoms with Crippen LogP contribution in [0.3, 0.4) is 0 Å². The van der Waals surface area contributed by atoms with Crippen molar-refractivity contribution < 1.29 is 13.2 Å². The van der Waals surface area contributed by atoms with Gasteiger partial charge in [-0.2, -0.15) is 4.31 Å². The van der Waals surface area contributed by atoms with Crippen LogP contribution < -0.4 is 10.2 Å². The minimum absolute atomic E-state index is 0.0390. The number of rotatable bonds is 7. The van der Waals surface area contributed by atoms with Gasteiger partial charge in [0.2, 0.25) is 15.9 Å². The van der Waals surface area contributed by atoms with E-state index in [1.165, 1.54) is 15.6 Å². The summed E-state index contributed by atoms with van der Waals surface area (Å²) in [5.74, 6) is -0.332. The fraction of sp³-hybridized carbons (Fsp3) is 0.458. The number of fused-ring (bicyclic) bond motifs is 1. The fourth-order valence-corrected chi connectivity index (χ4v) is 6.24. The van der Waals surface area contributed by atoms with E-state index >= 15 is 0 Å². The minimum atomic E-state index is -3.55.